The first kappa shape index (κ1) is 14.2. The molecule has 0 amide bonds. The Hall–Kier alpha value is -0.900. The maximum absolute atomic E-state index is 5.20. The van der Waals surface area contributed by atoms with Gasteiger partial charge < -0.3 is 14.8 Å². The molecule has 3 heteroatoms. The molecule has 17 heavy (non-hydrogen) atoms. The number of rotatable bonds is 7. The average Bonchev–Trinajstić information content (AvgIpc) is 2.28. The van der Waals surface area contributed by atoms with Gasteiger partial charge >= 0.3 is 0 Å². The molecule has 1 N–H and O–H groups in total. The number of hydrogen-bond donors (Lipinski definition) is 1. The zero-order valence-electron chi connectivity index (χ0n) is 11.2. The minimum absolute atomic E-state index is 0.0189. The summed E-state index contributed by atoms with van der Waals surface area (Å²) in [6.45, 7) is 6.45. The number of methoxy groups -OCH3 is 2. The van der Waals surface area contributed by atoms with Gasteiger partial charge in [0.1, 0.15) is 0 Å². The summed E-state index contributed by atoms with van der Waals surface area (Å²) in [6.07, 6.45) is 0. The lowest BCUT2D eigenvalue weighted by Crippen LogP contribution is -2.42. The average molecular weight is 237 g/mol. The van der Waals surface area contributed by atoms with Crippen LogP contribution in [0.15, 0.2) is 24.3 Å². The lowest BCUT2D eigenvalue weighted by molar-refractivity contribution is 0.127. The first-order valence-corrected chi connectivity index (χ1v) is 5.89. The second kappa shape index (κ2) is 6.74. The molecule has 0 aromatic heterocycles. The van der Waals surface area contributed by atoms with Gasteiger partial charge in [-0.05, 0) is 25.0 Å². The molecule has 0 fully saturated rings. The highest BCUT2D eigenvalue weighted by atomic mass is 16.5. The highest BCUT2D eigenvalue weighted by Gasteiger charge is 2.16. The predicted octanol–water partition coefficient (Wildman–Crippen LogP) is 2.35. The maximum atomic E-state index is 5.20. The van der Waals surface area contributed by atoms with Crippen LogP contribution in [-0.2, 0) is 22.6 Å². The largest absolute Gasteiger partial charge is 0.383 e. The molecule has 0 aliphatic rings. The zero-order valence-corrected chi connectivity index (χ0v) is 11.2. The Morgan fingerprint density at radius 3 is 2.29 bits per heavy atom. The summed E-state index contributed by atoms with van der Waals surface area (Å²) in [6, 6.07) is 8.33. The summed E-state index contributed by atoms with van der Waals surface area (Å²) < 4.78 is 10.4. The molecule has 0 atom stereocenters. The van der Waals surface area contributed by atoms with E-state index >= 15 is 0 Å². The van der Waals surface area contributed by atoms with E-state index in [-0.39, 0.29) is 5.54 Å². The molecule has 1 rings (SSSR count). The van der Waals surface area contributed by atoms with E-state index in [1.165, 1.54) is 11.1 Å². The van der Waals surface area contributed by atoms with Crippen molar-refractivity contribution in [3.05, 3.63) is 35.4 Å². The normalized spacial score (nSPS) is 11.8. The molecule has 0 aliphatic carbocycles. The van der Waals surface area contributed by atoms with Crippen molar-refractivity contribution < 1.29 is 9.47 Å². The fourth-order valence-corrected chi connectivity index (χ4v) is 1.77. The molecule has 96 valence electrons. The summed E-state index contributed by atoms with van der Waals surface area (Å²) in [5.41, 5.74) is 2.49. The minimum atomic E-state index is -0.0189. The lowest BCUT2D eigenvalue weighted by Gasteiger charge is -2.26. The molecule has 3 nitrogen and oxygen atoms in total. The van der Waals surface area contributed by atoms with E-state index in [0.717, 1.165) is 6.54 Å². The Morgan fingerprint density at radius 2 is 1.71 bits per heavy atom. The van der Waals surface area contributed by atoms with Gasteiger partial charge in [0.15, 0.2) is 0 Å². The number of benzene rings is 1. The minimum Gasteiger partial charge on any atom is -0.383 e. The van der Waals surface area contributed by atoms with E-state index in [4.69, 9.17) is 9.47 Å². The monoisotopic (exact) mass is 237 g/mol. The Kier molecular flexibility index (Phi) is 5.62. The Labute approximate surface area is 104 Å². The van der Waals surface area contributed by atoms with E-state index in [1.807, 2.05) is 6.07 Å². The van der Waals surface area contributed by atoms with Crippen molar-refractivity contribution in [2.75, 3.05) is 20.8 Å². The van der Waals surface area contributed by atoms with Gasteiger partial charge in [-0.3, -0.25) is 0 Å². The SMILES string of the molecule is COCc1ccccc1CNC(C)(C)COC. The summed E-state index contributed by atoms with van der Waals surface area (Å²) in [4.78, 5) is 0. The molecule has 0 unspecified atom stereocenters. The van der Waals surface area contributed by atoms with Crippen LogP contribution < -0.4 is 5.32 Å². The van der Waals surface area contributed by atoms with Crippen molar-refractivity contribution in [3.8, 4) is 0 Å². The van der Waals surface area contributed by atoms with Gasteiger partial charge in [0.25, 0.3) is 0 Å². The van der Waals surface area contributed by atoms with Crippen molar-refractivity contribution >= 4 is 0 Å². The van der Waals surface area contributed by atoms with Crippen molar-refractivity contribution in [1.82, 2.24) is 5.32 Å². The molecule has 0 bridgehead atoms. The van der Waals surface area contributed by atoms with Crippen LogP contribution in [0.25, 0.3) is 0 Å². The predicted molar refractivity (Wildman–Crippen MR) is 69.9 cm³/mol. The highest BCUT2D eigenvalue weighted by Crippen LogP contribution is 2.12. The summed E-state index contributed by atoms with van der Waals surface area (Å²) in [5.74, 6) is 0. The fraction of sp³-hybridized carbons (Fsp3) is 0.571. The topological polar surface area (TPSA) is 30.5 Å². The third kappa shape index (κ3) is 4.86. The molecule has 1 aromatic carbocycles. The van der Waals surface area contributed by atoms with Crippen LogP contribution in [0.3, 0.4) is 0 Å². The number of hydrogen-bond acceptors (Lipinski definition) is 3. The van der Waals surface area contributed by atoms with Gasteiger partial charge in [0, 0.05) is 26.3 Å². The van der Waals surface area contributed by atoms with Crippen molar-refractivity contribution in [1.29, 1.82) is 0 Å². The molecule has 0 heterocycles. The first-order valence-electron chi connectivity index (χ1n) is 5.89. The van der Waals surface area contributed by atoms with Gasteiger partial charge in [0.2, 0.25) is 0 Å². The van der Waals surface area contributed by atoms with Gasteiger partial charge in [-0.15, -0.1) is 0 Å². The highest BCUT2D eigenvalue weighted by molar-refractivity contribution is 5.26. The van der Waals surface area contributed by atoms with Crippen LogP contribution in [0.2, 0.25) is 0 Å². The van der Waals surface area contributed by atoms with Crippen molar-refractivity contribution in [2.45, 2.75) is 32.5 Å². The van der Waals surface area contributed by atoms with Gasteiger partial charge in [-0.25, -0.2) is 0 Å². The van der Waals surface area contributed by atoms with Gasteiger partial charge in [0.05, 0.1) is 13.2 Å². The molecule has 0 radical (unpaired) electrons. The zero-order chi connectivity index (χ0) is 12.7. The van der Waals surface area contributed by atoms with Crippen LogP contribution in [0.5, 0.6) is 0 Å². The maximum Gasteiger partial charge on any atom is 0.0716 e. The first-order chi connectivity index (χ1) is 8.09. The van der Waals surface area contributed by atoms with Gasteiger partial charge in [-0.1, -0.05) is 24.3 Å². The quantitative estimate of drug-likeness (QED) is 0.789. The second-order valence-electron chi connectivity index (χ2n) is 4.87. The van der Waals surface area contributed by atoms with Crippen molar-refractivity contribution in [3.63, 3.8) is 0 Å². The van der Waals surface area contributed by atoms with Crippen molar-refractivity contribution in [2.24, 2.45) is 0 Å². The molecular weight excluding hydrogens is 214 g/mol. The summed E-state index contributed by atoms with van der Waals surface area (Å²) >= 11 is 0. The summed E-state index contributed by atoms with van der Waals surface area (Å²) in [7, 11) is 3.45. The Bertz CT molecular complexity index is 337. The number of ether oxygens (including phenoxy) is 2. The second-order valence-corrected chi connectivity index (χ2v) is 4.87. The fourth-order valence-electron chi connectivity index (χ4n) is 1.77. The Morgan fingerprint density at radius 1 is 1.06 bits per heavy atom. The molecule has 0 spiro atoms. The standard InChI is InChI=1S/C14H23NO2/c1-14(2,11-17-4)15-9-12-7-5-6-8-13(12)10-16-3/h5-8,15H,9-11H2,1-4H3. The van der Waals surface area contributed by atoms with E-state index in [1.54, 1.807) is 14.2 Å². The molecule has 0 saturated heterocycles. The molecule has 1 aromatic rings. The van der Waals surface area contributed by atoms with Crippen LogP contribution in [0.4, 0.5) is 0 Å². The molecule has 0 saturated carbocycles. The molecular formula is C14H23NO2. The third-order valence-corrected chi connectivity index (χ3v) is 2.68. The van der Waals surface area contributed by atoms with E-state index < -0.39 is 0 Å². The van der Waals surface area contributed by atoms with E-state index in [2.05, 4.69) is 37.4 Å². The third-order valence-electron chi connectivity index (χ3n) is 2.68. The summed E-state index contributed by atoms with van der Waals surface area (Å²) in [5, 5.41) is 3.49. The van der Waals surface area contributed by atoms with Crippen LogP contribution in [0, 0.1) is 0 Å². The number of nitrogens with one attached hydrogen (secondary N) is 1. The van der Waals surface area contributed by atoms with Crippen LogP contribution in [-0.4, -0.2) is 26.4 Å². The smallest absolute Gasteiger partial charge is 0.0716 e. The van der Waals surface area contributed by atoms with Crippen LogP contribution in [0.1, 0.15) is 25.0 Å². The van der Waals surface area contributed by atoms with E-state index in [0.29, 0.717) is 13.2 Å². The van der Waals surface area contributed by atoms with E-state index in [9.17, 15) is 0 Å². The molecule has 0 aliphatic heterocycles. The lowest BCUT2D eigenvalue weighted by atomic mass is 10.0. The van der Waals surface area contributed by atoms with Crippen LogP contribution >= 0.6 is 0 Å². The Balaban J connectivity index is 2.62. The van der Waals surface area contributed by atoms with Gasteiger partial charge in [-0.2, -0.15) is 0 Å².